The standard InChI is InChI=1S/C10H19N3S/c1-3-9(7-14-2)13-8-12-6-10(13)4-5-11/h6,8-9H,3-5,7,11H2,1-2H3. The lowest BCUT2D eigenvalue weighted by molar-refractivity contribution is 0.520. The Morgan fingerprint density at radius 2 is 2.43 bits per heavy atom. The van der Waals surface area contributed by atoms with E-state index in [1.54, 1.807) is 0 Å². The predicted octanol–water partition coefficient (Wildman–Crippen LogP) is 1.70. The van der Waals surface area contributed by atoms with E-state index in [1.165, 1.54) is 5.69 Å². The zero-order valence-electron chi connectivity index (χ0n) is 8.94. The molecule has 0 radical (unpaired) electrons. The Morgan fingerprint density at radius 3 is 3.00 bits per heavy atom. The quantitative estimate of drug-likeness (QED) is 0.782. The molecule has 1 heterocycles. The first-order chi connectivity index (χ1) is 6.83. The maximum Gasteiger partial charge on any atom is 0.0951 e. The molecule has 80 valence electrons. The minimum Gasteiger partial charge on any atom is -0.331 e. The predicted molar refractivity (Wildman–Crippen MR) is 62.7 cm³/mol. The van der Waals surface area contributed by atoms with Crippen molar-refractivity contribution in [1.29, 1.82) is 0 Å². The van der Waals surface area contributed by atoms with Gasteiger partial charge in [-0.15, -0.1) is 0 Å². The van der Waals surface area contributed by atoms with Crippen molar-refractivity contribution in [1.82, 2.24) is 9.55 Å². The molecule has 0 amide bonds. The summed E-state index contributed by atoms with van der Waals surface area (Å²) in [5, 5.41) is 0. The number of imidazole rings is 1. The molecule has 14 heavy (non-hydrogen) atoms. The van der Waals surface area contributed by atoms with Crippen LogP contribution in [0.1, 0.15) is 25.1 Å². The van der Waals surface area contributed by atoms with Crippen molar-refractivity contribution in [3.05, 3.63) is 18.2 Å². The van der Waals surface area contributed by atoms with Crippen molar-refractivity contribution >= 4 is 11.8 Å². The van der Waals surface area contributed by atoms with Crippen LogP contribution in [-0.2, 0) is 6.42 Å². The second-order valence-electron chi connectivity index (χ2n) is 3.35. The Morgan fingerprint density at radius 1 is 1.64 bits per heavy atom. The van der Waals surface area contributed by atoms with Crippen LogP contribution in [0, 0.1) is 0 Å². The summed E-state index contributed by atoms with van der Waals surface area (Å²) in [4.78, 5) is 4.19. The van der Waals surface area contributed by atoms with Crippen LogP contribution < -0.4 is 5.73 Å². The summed E-state index contributed by atoms with van der Waals surface area (Å²) in [6, 6.07) is 0.564. The van der Waals surface area contributed by atoms with Gasteiger partial charge < -0.3 is 10.3 Å². The van der Waals surface area contributed by atoms with E-state index in [4.69, 9.17) is 5.73 Å². The molecule has 0 saturated carbocycles. The number of aromatic nitrogens is 2. The van der Waals surface area contributed by atoms with Crippen LogP contribution in [0.15, 0.2) is 12.5 Å². The first-order valence-corrected chi connectivity index (χ1v) is 6.42. The van der Waals surface area contributed by atoms with Crippen LogP contribution in [0.4, 0.5) is 0 Å². The number of nitrogens with two attached hydrogens (primary N) is 1. The van der Waals surface area contributed by atoms with Gasteiger partial charge in [0.15, 0.2) is 0 Å². The average Bonchev–Trinajstić information content (AvgIpc) is 2.63. The molecule has 0 bridgehead atoms. The highest BCUT2D eigenvalue weighted by atomic mass is 32.2. The van der Waals surface area contributed by atoms with Crippen molar-refractivity contribution < 1.29 is 0 Å². The number of hydrogen-bond donors (Lipinski definition) is 1. The molecule has 0 aliphatic heterocycles. The molecule has 0 aliphatic carbocycles. The first kappa shape index (κ1) is 11.6. The average molecular weight is 213 g/mol. The van der Waals surface area contributed by atoms with Crippen LogP contribution in [0.5, 0.6) is 0 Å². The van der Waals surface area contributed by atoms with Crippen LogP contribution in [0.25, 0.3) is 0 Å². The van der Waals surface area contributed by atoms with E-state index < -0.39 is 0 Å². The molecule has 4 heteroatoms. The number of hydrogen-bond acceptors (Lipinski definition) is 3. The Bertz CT molecular complexity index is 260. The van der Waals surface area contributed by atoms with Gasteiger partial charge in [0.1, 0.15) is 0 Å². The molecular formula is C10H19N3S. The Kier molecular flexibility index (Phi) is 5.04. The molecule has 0 aromatic carbocycles. The van der Waals surface area contributed by atoms with E-state index in [2.05, 4.69) is 22.7 Å². The fraction of sp³-hybridized carbons (Fsp3) is 0.700. The minimum atomic E-state index is 0.564. The Balaban J connectivity index is 2.74. The van der Waals surface area contributed by atoms with Crippen molar-refractivity contribution in [2.75, 3.05) is 18.6 Å². The lowest BCUT2D eigenvalue weighted by atomic mass is 10.2. The van der Waals surface area contributed by atoms with Crippen molar-refractivity contribution in [3.8, 4) is 0 Å². The summed E-state index contributed by atoms with van der Waals surface area (Å²) in [5.74, 6) is 1.14. The monoisotopic (exact) mass is 213 g/mol. The molecule has 1 aromatic rings. The number of nitrogens with zero attached hydrogens (tertiary/aromatic N) is 2. The summed E-state index contributed by atoms with van der Waals surface area (Å²) < 4.78 is 2.27. The molecule has 1 atom stereocenters. The highest BCUT2D eigenvalue weighted by Crippen LogP contribution is 2.18. The summed E-state index contributed by atoms with van der Waals surface area (Å²) in [7, 11) is 0. The molecule has 1 rings (SSSR count). The topological polar surface area (TPSA) is 43.8 Å². The Hall–Kier alpha value is -0.480. The van der Waals surface area contributed by atoms with E-state index >= 15 is 0 Å². The maximum atomic E-state index is 5.56. The van der Waals surface area contributed by atoms with Gasteiger partial charge in [-0.05, 0) is 19.2 Å². The zero-order valence-corrected chi connectivity index (χ0v) is 9.76. The molecule has 0 saturated heterocycles. The summed E-state index contributed by atoms with van der Waals surface area (Å²) in [6.07, 6.45) is 8.06. The lowest BCUT2D eigenvalue weighted by Crippen LogP contribution is -2.15. The third-order valence-corrected chi connectivity index (χ3v) is 3.09. The fourth-order valence-electron chi connectivity index (χ4n) is 1.59. The second-order valence-corrected chi connectivity index (χ2v) is 4.26. The highest BCUT2D eigenvalue weighted by molar-refractivity contribution is 7.98. The molecule has 0 aliphatic rings. The molecule has 3 nitrogen and oxygen atoms in total. The Labute approximate surface area is 90.1 Å². The van der Waals surface area contributed by atoms with E-state index in [0.717, 1.165) is 18.6 Å². The van der Waals surface area contributed by atoms with Gasteiger partial charge in [0.2, 0.25) is 0 Å². The van der Waals surface area contributed by atoms with Gasteiger partial charge in [-0.2, -0.15) is 11.8 Å². The molecule has 1 aromatic heterocycles. The zero-order chi connectivity index (χ0) is 10.4. The van der Waals surface area contributed by atoms with E-state index in [-0.39, 0.29) is 0 Å². The van der Waals surface area contributed by atoms with E-state index in [0.29, 0.717) is 12.6 Å². The highest BCUT2D eigenvalue weighted by Gasteiger charge is 2.10. The smallest absolute Gasteiger partial charge is 0.0951 e. The van der Waals surface area contributed by atoms with Crippen molar-refractivity contribution in [3.63, 3.8) is 0 Å². The first-order valence-electron chi connectivity index (χ1n) is 5.03. The van der Waals surface area contributed by atoms with Crippen LogP contribution >= 0.6 is 11.8 Å². The SMILES string of the molecule is CCC(CSC)n1cncc1CCN. The summed E-state index contributed by atoms with van der Waals surface area (Å²) >= 11 is 1.88. The van der Waals surface area contributed by atoms with Gasteiger partial charge in [-0.3, -0.25) is 0 Å². The number of thioether (sulfide) groups is 1. The normalized spacial score (nSPS) is 13.1. The van der Waals surface area contributed by atoms with Crippen molar-refractivity contribution in [2.45, 2.75) is 25.8 Å². The van der Waals surface area contributed by atoms with Crippen LogP contribution in [0.3, 0.4) is 0 Å². The molecule has 0 spiro atoms. The van der Waals surface area contributed by atoms with Gasteiger partial charge >= 0.3 is 0 Å². The van der Waals surface area contributed by atoms with Crippen LogP contribution in [-0.4, -0.2) is 28.1 Å². The minimum absolute atomic E-state index is 0.564. The molecule has 2 N–H and O–H groups in total. The molecule has 0 fully saturated rings. The second kappa shape index (κ2) is 6.09. The maximum absolute atomic E-state index is 5.56. The van der Waals surface area contributed by atoms with E-state index in [9.17, 15) is 0 Å². The van der Waals surface area contributed by atoms with Crippen LogP contribution in [0.2, 0.25) is 0 Å². The summed E-state index contributed by atoms with van der Waals surface area (Å²) in [6.45, 7) is 2.91. The van der Waals surface area contributed by atoms with Gasteiger partial charge in [-0.25, -0.2) is 4.98 Å². The third-order valence-electron chi connectivity index (χ3n) is 2.37. The van der Waals surface area contributed by atoms with Gasteiger partial charge in [-0.1, -0.05) is 6.92 Å². The van der Waals surface area contributed by atoms with E-state index in [1.807, 2.05) is 24.3 Å². The lowest BCUT2D eigenvalue weighted by Gasteiger charge is -2.18. The van der Waals surface area contributed by atoms with Gasteiger partial charge in [0, 0.05) is 30.1 Å². The molecule has 1 unspecified atom stereocenters. The fourth-order valence-corrected chi connectivity index (χ4v) is 2.37. The summed E-state index contributed by atoms with van der Waals surface area (Å²) in [5.41, 5.74) is 6.82. The van der Waals surface area contributed by atoms with Crippen molar-refractivity contribution in [2.24, 2.45) is 5.73 Å². The van der Waals surface area contributed by atoms with Gasteiger partial charge in [0.05, 0.1) is 6.33 Å². The largest absolute Gasteiger partial charge is 0.331 e. The third kappa shape index (κ3) is 2.75. The molecular weight excluding hydrogens is 194 g/mol. The number of rotatable bonds is 6. The van der Waals surface area contributed by atoms with Gasteiger partial charge in [0.25, 0.3) is 0 Å².